The van der Waals surface area contributed by atoms with Crippen LogP contribution in [0.2, 0.25) is 0 Å². The zero-order valence-corrected chi connectivity index (χ0v) is 13.2. The van der Waals surface area contributed by atoms with Crippen LogP contribution in [0.15, 0.2) is 39.6 Å². The number of nitrogens with one attached hydrogen (secondary N) is 1. The molecule has 1 aliphatic carbocycles. The van der Waals surface area contributed by atoms with Crippen LogP contribution in [0.3, 0.4) is 0 Å². The number of aromatic nitrogens is 4. The lowest BCUT2D eigenvalue weighted by molar-refractivity contribution is 0.116. The van der Waals surface area contributed by atoms with Gasteiger partial charge in [-0.3, -0.25) is 0 Å². The summed E-state index contributed by atoms with van der Waals surface area (Å²) < 4.78 is 35.5. The first-order valence-corrected chi connectivity index (χ1v) is 7.92. The van der Waals surface area contributed by atoms with Crippen molar-refractivity contribution in [1.29, 1.82) is 0 Å². The van der Waals surface area contributed by atoms with Gasteiger partial charge in [0.25, 0.3) is 11.8 Å². The number of alkyl halides is 2. The summed E-state index contributed by atoms with van der Waals surface area (Å²) in [5, 5.41) is 10.2. The van der Waals surface area contributed by atoms with Gasteiger partial charge in [-0.1, -0.05) is 12.8 Å². The van der Waals surface area contributed by atoms with Gasteiger partial charge in [0.1, 0.15) is 5.76 Å². The van der Waals surface area contributed by atoms with E-state index in [-0.39, 0.29) is 11.4 Å². The summed E-state index contributed by atoms with van der Waals surface area (Å²) in [6.45, 7) is 0. The van der Waals surface area contributed by atoms with Gasteiger partial charge in [0.05, 0.1) is 17.4 Å². The number of hydrogen-bond donors (Lipinski definition) is 1. The molecule has 3 aromatic heterocycles. The lowest BCUT2D eigenvalue weighted by Gasteiger charge is -2.28. The second kappa shape index (κ2) is 6.23. The zero-order chi connectivity index (χ0) is 17.3. The molecule has 0 unspecified atom stereocenters. The van der Waals surface area contributed by atoms with Gasteiger partial charge in [0.2, 0.25) is 5.95 Å². The van der Waals surface area contributed by atoms with Crippen LogP contribution >= 0.6 is 0 Å². The van der Waals surface area contributed by atoms with E-state index in [1.165, 1.54) is 12.4 Å². The summed E-state index contributed by atoms with van der Waals surface area (Å²) in [6.07, 6.45) is 5.79. The lowest BCUT2D eigenvalue weighted by atomic mass is 9.94. The van der Waals surface area contributed by atoms with Gasteiger partial charge in [-0.2, -0.15) is 8.78 Å². The molecule has 4 rings (SSSR count). The highest BCUT2D eigenvalue weighted by atomic mass is 19.3. The molecule has 1 saturated carbocycles. The molecule has 0 aliphatic heterocycles. The monoisotopic (exact) mass is 347 g/mol. The normalized spacial score (nSPS) is 16.4. The predicted molar refractivity (Wildman–Crippen MR) is 82.8 cm³/mol. The van der Waals surface area contributed by atoms with Gasteiger partial charge in [0.15, 0.2) is 0 Å². The Kier molecular flexibility index (Phi) is 3.90. The Morgan fingerprint density at radius 1 is 1.12 bits per heavy atom. The fraction of sp³-hybridized carbons (Fsp3) is 0.375. The van der Waals surface area contributed by atoms with Gasteiger partial charge < -0.3 is 14.2 Å². The van der Waals surface area contributed by atoms with Crippen molar-refractivity contribution in [3.05, 3.63) is 42.4 Å². The molecule has 1 N–H and O–H groups in total. The maximum absolute atomic E-state index is 12.5. The molecule has 3 heterocycles. The van der Waals surface area contributed by atoms with Gasteiger partial charge in [-0.15, -0.1) is 10.2 Å². The van der Waals surface area contributed by atoms with Crippen molar-refractivity contribution in [3.63, 3.8) is 0 Å². The van der Waals surface area contributed by atoms with Crippen LogP contribution in [-0.4, -0.2) is 20.2 Å². The van der Waals surface area contributed by atoms with Crippen molar-refractivity contribution in [2.45, 2.75) is 37.6 Å². The lowest BCUT2D eigenvalue weighted by Crippen LogP contribution is -2.32. The zero-order valence-electron chi connectivity index (χ0n) is 13.2. The summed E-state index contributed by atoms with van der Waals surface area (Å²) >= 11 is 0. The molecule has 0 aromatic carbocycles. The molecule has 1 aliphatic rings. The first-order valence-electron chi connectivity index (χ1n) is 7.92. The van der Waals surface area contributed by atoms with Crippen LogP contribution in [0.1, 0.15) is 43.8 Å². The molecule has 130 valence electrons. The smallest absolute Gasteiger partial charge is 0.314 e. The number of anilines is 1. The van der Waals surface area contributed by atoms with E-state index < -0.39 is 12.3 Å². The minimum atomic E-state index is -2.81. The van der Waals surface area contributed by atoms with Crippen LogP contribution in [-0.2, 0) is 5.54 Å². The highest BCUT2D eigenvalue weighted by Crippen LogP contribution is 2.41. The molecule has 1 fully saturated rings. The summed E-state index contributed by atoms with van der Waals surface area (Å²) in [7, 11) is 0. The fourth-order valence-corrected chi connectivity index (χ4v) is 3.12. The molecule has 0 amide bonds. The van der Waals surface area contributed by atoms with Crippen molar-refractivity contribution in [2.24, 2.45) is 0 Å². The summed E-state index contributed by atoms with van der Waals surface area (Å²) in [5.41, 5.74) is 0.0571. The quantitative estimate of drug-likeness (QED) is 0.747. The summed E-state index contributed by atoms with van der Waals surface area (Å²) in [6, 6.07) is 3.80. The molecule has 0 spiro atoms. The number of halogens is 2. The predicted octanol–water partition coefficient (Wildman–Crippen LogP) is 3.94. The number of furan rings is 1. The Balaban J connectivity index is 1.55. The summed E-state index contributed by atoms with van der Waals surface area (Å²) in [5.74, 6) is 0.523. The van der Waals surface area contributed by atoms with E-state index in [1.807, 2.05) is 12.1 Å². The molecular formula is C16H15F2N5O2. The van der Waals surface area contributed by atoms with Gasteiger partial charge >= 0.3 is 6.43 Å². The van der Waals surface area contributed by atoms with Crippen LogP contribution in [0.4, 0.5) is 14.7 Å². The van der Waals surface area contributed by atoms with E-state index in [0.717, 1.165) is 31.4 Å². The SMILES string of the molecule is FC(F)c1nnc(-c2cnc(NC3(c4ccco4)CCCC3)nc2)o1. The minimum absolute atomic E-state index is 0.0385. The highest BCUT2D eigenvalue weighted by Gasteiger charge is 2.38. The largest absolute Gasteiger partial charge is 0.467 e. The molecule has 3 aromatic rings. The number of rotatable bonds is 5. The van der Waals surface area contributed by atoms with Gasteiger partial charge in [-0.25, -0.2) is 9.97 Å². The van der Waals surface area contributed by atoms with Gasteiger partial charge in [-0.05, 0) is 25.0 Å². The van der Waals surface area contributed by atoms with E-state index in [4.69, 9.17) is 8.83 Å². The van der Waals surface area contributed by atoms with Crippen molar-refractivity contribution in [2.75, 3.05) is 5.32 Å². The van der Waals surface area contributed by atoms with Crippen LogP contribution < -0.4 is 5.32 Å². The van der Waals surface area contributed by atoms with Crippen molar-refractivity contribution in [1.82, 2.24) is 20.2 Å². The Morgan fingerprint density at radius 3 is 2.48 bits per heavy atom. The average molecular weight is 347 g/mol. The van der Waals surface area contributed by atoms with E-state index in [1.54, 1.807) is 6.26 Å². The standard InChI is InChI=1S/C16H15F2N5O2/c17-12(18)14-23-22-13(25-14)10-8-19-15(20-9-10)21-16(5-1-2-6-16)11-4-3-7-24-11/h3-4,7-9,12H,1-2,5-6H2,(H,19,20,21). The fourth-order valence-electron chi connectivity index (χ4n) is 3.12. The number of nitrogens with zero attached hydrogens (tertiary/aromatic N) is 4. The third kappa shape index (κ3) is 2.97. The Bertz CT molecular complexity index is 827. The highest BCUT2D eigenvalue weighted by molar-refractivity contribution is 5.50. The number of hydrogen-bond acceptors (Lipinski definition) is 7. The minimum Gasteiger partial charge on any atom is -0.467 e. The topological polar surface area (TPSA) is 89.9 Å². The molecule has 7 nitrogen and oxygen atoms in total. The maximum atomic E-state index is 12.5. The van der Waals surface area contributed by atoms with Crippen molar-refractivity contribution in [3.8, 4) is 11.5 Å². The van der Waals surface area contributed by atoms with E-state index in [2.05, 4.69) is 25.5 Å². The molecule has 0 saturated heterocycles. The molecule has 0 radical (unpaired) electrons. The van der Waals surface area contributed by atoms with Crippen LogP contribution in [0.25, 0.3) is 11.5 Å². The van der Waals surface area contributed by atoms with E-state index in [9.17, 15) is 8.78 Å². The molecule has 25 heavy (non-hydrogen) atoms. The van der Waals surface area contributed by atoms with Crippen LogP contribution in [0.5, 0.6) is 0 Å². The Labute approximate surface area is 141 Å². The molecule has 0 atom stereocenters. The molecule has 0 bridgehead atoms. The van der Waals surface area contributed by atoms with Gasteiger partial charge in [0, 0.05) is 12.4 Å². The molecular weight excluding hydrogens is 332 g/mol. The third-order valence-electron chi connectivity index (χ3n) is 4.33. The first kappa shape index (κ1) is 15.7. The van der Waals surface area contributed by atoms with Crippen LogP contribution in [0, 0.1) is 0 Å². The van der Waals surface area contributed by atoms with E-state index in [0.29, 0.717) is 11.5 Å². The molecule has 9 heteroatoms. The second-order valence-corrected chi connectivity index (χ2v) is 5.93. The summed E-state index contributed by atoms with van der Waals surface area (Å²) in [4.78, 5) is 8.50. The Hall–Kier alpha value is -2.84. The second-order valence-electron chi connectivity index (χ2n) is 5.93. The Morgan fingerprint density at radius 2 is 1.88 bits per heavy atom. The third-order valence-corrected chi connectivity index (χ3v) is 4.33. The maximum Gasteiger partial charge on any atom is 0.314 e. The average Bonchev–Trinajstić information content (AvgIpc) is 3.37. The first-order chi connectivity index (χ1) is 12.2. The van der Waals surface area contributed by atoms with Crippen molar-refractivity contribution < 1.29 is 17.6 Å². The van der Waals surface area contributed by atoms with Crippen molar-refractivity contribution >= 4 is 5.95 Å². The van der Waals surface area contributed by atoms with E-state index >= 15 is 0 Å².